The van der Waals surface area contributed by atoms with Crippen molar-refractivity contribution in [2.45, 2.75) is 32.1 Å². The maximum Gasteiger partial charge on any atom is 0.257 e. The Morgan fingerprint density at radius 3 is 2.85 bits per heavy atom. The number of carbonyl (C=O) groups excluding carboxylic acids is 1. The van der Waals surface area contributed by atoms with Crippen molar-refractivity contribution in [1.29, 1.82) is 0 Å². The molecular formula is C20H21Cl2N3O. The van der Waals surface area contributed by atoms with E-state index in [1.807, 2.05) is 0 Å². The van der Waals surface area contributed by atoms with Crippen LogP contribution in [0.5, 0.6) is 0 Å². The largest absolute Gasteiger partial charge is 0.383 e. The van der Waals surface area contributed by atoms with E-state index in [2.05, 4.69) is 21.7 Å². The molecule has 1 aliphatic carbocycles. The summed E-state index contributed by atoms with van der Waals surface area (Å²) >= 11 is 12.1. The molecule has 0 spiro atoms. The fourth-order valence-corrected chi connectivity index (χ4v) is 3.28. The molecule has 3 rings (SSSR count). The maximum atomic E-state index is 12.5. The van der Waals surface area contributed by atoms with Crippen LogP contribution in [0.25, 0.3) is 0 Å². The lowest BCUT2D eigenvalue weighted by atomic mass is 9.97. The number of halogens is 2. The van der Waals surface area contributed by atoms with Crippen molar-refractivity contribution in [1.82, 2.24) is 4.98 Å². The molecular weight excluding hydrogens is 369 g/mol. The number of nitrogens with one attached hydrogen (secondary N) is 2. The Bertz CT molecular complexity index is 820. The van der Waals surface area contributed by atoms with Gasteiger partial charge in [0.2, 0.25) is 0 Å². The molecule has 2 aromatic rings. The van der Waals surface area contributed by atoms with E-state index in [1.54, 1.807) is 30.5 Å². The predicted octanol–water partition coefficient (Wildman–Crippen LogP) is 5.94. The van der Waals surface area contributed by atoms with Gasteiger partial charge in [-0.05, 0) is 56.4 Å². The first-order chi connectivity index (χ1) is 12.6. The molecule has 0 saturated heterocycles. The van der Waals surface area contributed by atoms with Crippen LogP contribution in [-0.2, 0) is 0 Å². The van der Waals surface area contributed by atoms with Gasteiger partial charge >= 0.3 is 0 Å². The molecule has 4 nitrogen and oxygen atoms in total. The second-order valence-corrected chi connectivity index (χ2v) is 7.17. The Hall–Kier alpha value is -2.04. The molecule has 0 bridgehead atoms. The first kappa shape index (κ1) is 18.7. The van der Waals surface area contributed by atoms with Gasteiger partial charge in [0.25, 0.3) is 5.91 Å². The number of benzene rings is 1. The zero-order chi connectivity index (χ0) is 18.4. The first-order valence-corrected chi connectivity index (χ1v) is 9.50. The summed E-state index contributed by atoms with van der Waals surface area (Å²) in [4.78, 5) is 16.6. The van der Waals surface area contributed by atoms with Gasteiger partial charge in [0.15, 0.2) is 0 Å². The minimum atomic E-state index is -0.277. The summed E-state index contributed by atoms with van der Waals surface area (Å²) in [6.07, 6.45) is 11.6. The van der Waals surface area contributed by atoms with Crippen molar-refractivity contribution in [3.63, 3.8) is 0 Å². The van der Waals surface area contributed by atoms with E-state index in [4.69, 9.17) is 23.2 Å². The van der Waals surface area contributed by atoms with Gasteiger partial charge in [-0.2, -0.15) is 0 Å². The smallest absolute Gasteiger partial charge is 0.257 e. The van der Waals surface area contributed by atoms with E-state index in [1.165, 1.54) is 37.5 Å². The van der Waals surface area contributed by atoms with Crippen molar-refractivity contribution < 1.29 is 4.79 Å². The number of rotatable bonds is 6. The fourth-order valence-electron chi connectivity index (χ4n) is 2.95. The molecule has 6 heteroatoms. The summed E-state index contributed by atoms with van der Waals surface area (Å²) in [7, 11) is 0. The van der Waals surface area contributed by atoms with Gasteiger partial charge in [-0.3, -0.25) is 9.78 Å². The van der Waals surface area contributed by atoms with E-state index >= 15 is 0 Å². The number of aromatic nitrogens is 1. The number of nitrogens with zero attached hydrogens (tertiary/aromatic N) is 1. The van der Waals surface area contributed by atoms with Crippen LogP contribution in [0, 0.1) is 0 Å². The third-order valence-corrected chi connectivity index (χ3v) is 4.90. The highest BCUT2D eigenvalue weighted by atomic mass is 35.5. The Morgan fingerprint density at radius 1 is 1.15 bits per heavy atom. The van der Waals surface area contributed by atoms with E-state index in [0.29, 0.717) is 21.3 Å². The average molecular weight is 390 g/mol. The van der Waals surface area contributed by atoms with Crippen LogP contribution >= 0.6 is 23.2 Å². The molecule has 0 fully saturated rings. The minimum absolute atomic E-state index is 0.277. The Kier molecular flexibility index (Phi) is 6.53. The van der Waals surface area contributed by atoms with Gasteiger partial charge in [0.05, 0.1) is 22.0 Å². The van der Waals surface area contributed by atoms with Crippen LogP contribution in [0.4, 0.5) is 11.4 Å². The summed E-state index contributed by atoms with van der Waals surface area (Å²) in [5.41, 5.74) is 3.28. The standard InChI is InChI=1S/C20H21Cl2N3O/c21-16-6-7-18(22)19(11-16)25-20(26)15-10-17(13-23-12-15)24-9-8-14-4-2-1-3-5-14/h4,6-7,10-13,24H,1-3,5,8-9H2,(H,25,26). The van der Waals surface area contributed by atoms with Gasteiger partial charge in [-0.1, -0.05) is 34.9 Å². The molecule has 2 N–H and O–H groups in total. The van der Waals surface area contributed by atoms with Gasteiger partial charge < -0.3 is 10.6 Å². The van der Waals surface area contributed by atoms with Crippen molar-refractivity contribution in [2.75, 3.05) is 17.2 Å². The molecule has 0 unspecified atom stereocenters. The molecule has 1 aromatic carbocycles. The number of hydrogen-bond donors (Lipinski definition) is 2. The number of carbonyl (C=O) groups is 1. The van der Waals surface area contributed by atoms with E-state index in [0.717, 1.165) is 18.7 Å². The molecule has 1 heterocycles. The highest BCUT2D eigenvalue weighted by molar-refractivity contribution is 6.35. The summed E-state index contributed by atoms with van der Waals surface area (Å²) in [5.74, 6) is -0.277. The molecule has 1 amide bonds. The van der Waals surface area contributed by atoms with Gasteiger partial charge in [0.1, 0.15) is 0 Å². The van der Waals surface area contributed by atoms with Crippen LogP contribution in [-0.4, -0.2) is 17.4 Å². The highest BCUT2D eigenvalue weighted by Gasteiger charge is 2.10. The zero-order valence-corrected chi connectivity index (χ0v) is 15.9. The Morgan fingerprint density at radius 2 is 2.04 bits per heavy atom. The zero-order valence-electron chi connectivity index (χ0n) is 14.4. The quantitative estimate of drug-likeness (QED) is 0.600. The normalized spacial score (nSPS) is 13.8. The summed E-state index contributed by atoms with van der Waals surface area (Å²) in [5, 5.41) is 7.06. The predicted molar refractivity (Wildman–Crippen MR) is 108 cm³/mol. The van der Waals surface area contributed by atoms with Crippen molar-refractivity contribution in [3.05, 3.63) is 63.9 Å². The molecule has 136 valence electrons. The van der Waals surface area contributed by atoms with Crippen LogP contribution in [0.1, 0.15) is 42.5 Å². The fraction of sp³-hybridized carbons (Fsp3) is 0.300. The van der Waals surface area contributed by atoms with Crippen LogP contribution in [0.15, 0.2) is 48.3 Å². The molecule has 0 aliphatic heterocycles. The lowest BCUT2D eigenvalue weighted by molar-refractivity contribution is 0.102. The Balaban J connectivity index is 1.60. The van der Waals surface area contributed by atoms with Crippen LogP contribution in [0.2, 0.25) is 10.0 Å². The maximum absolute atomic E-state index is 12.5. The lowest BCUT2D eigenvalue weighted by Crippen LogP contribution is -2.13. The number of allylic oxidation sites excluding steroid dienone is 1. The van der Waals surface area contributed by atoms with Gasteiger partial charge in [0, 0.05) is 24.0 Å². The number of pyridine rings is 1. The summed E-state index contributed by atoms with van der Waals surface area (Å²) in [6.45, 7) is 0.832. The third-order valence-electron chi connectivity index (χ3n) is 4.34. The molecule has 0 atom stereocenters. The second kappa shape index (κ2) is 9.06. The van der Waals surface area contributed by atoms with Crippen LogP contribution < -0.4 is 10.6 Å². The summed E-state index contributed by atoms with van der Waals surface area (Å²) in [6, 6.07) is 6.73. The van der Waals surface area contributed by atoms with E-state index in [-0.39, 0.29) is 5.91 Å². The number of hydrogen-bond acceptors (Lipinski definition) is 3. The monoisotopic (exact) mass is 389 g/mol. The molecule has 0 radical (unpaired) electrons. The average Bonchev–Trinajstić information content (AvgIpc) is 2.66. The van der Waals surface area contributed by atoms with Crippen LogP contribution in [0.3, 0.4) is 0 Å². The van der Waals surface area contributed by atoms with Crippen molar-refractivity contribution in [3.8, 4) is 0 Å². The van der Waals surface area contributed by atoms with Crippen molar-refractivity contribution >= 4 is 40.5 Å². The van der Waals surface area contributed by atoms with Gasteiger partial charge in [-0.25, -0.2) is 0 Å². The SMILES string of the molecule is O=C(Nc1cc(Cl)ccc1Cl)c1cncc(NCCC2=CCCCC2)c1. The van der Waals surface area contributed by atoms with Gasteiger partial charge in [-0.15, -0.1) is 0 Å². The molecule has 1 aromatic heterocycles. The number of amides is 1. The number of anilines is 2. The summed E-state index contributed by atoms with van der Waals surface area (Å²) < 4.78 is 0. The van der Waals surface area contributed by atoms with E-state index < -0.39 is 0 Å². The lowest BCUT2D eigenvalue weighted by Gasteiger charge is -2.13. The third kappa shape index (κ3) is 5.23. The van der Waals surface area contributed by atoms with Crippen molar-refractivity contribution in [2.24, 2.45) is 0 Å². The topological polar surface area (TPSA) is 54.0 Å². The first-order valence-electron chi connectivity index (χ1n) is 8.75. The molecule has 0 saturated carbocycles. The second-order valence-electron chi connectivity index (χ2n) is 6.33. The highest BCUT2D eigenvalue weighted by Crippen LogP contribution is 2.26. The molecule has 26 heavy (non-hydrogen) atoms. The Labute approximate surface area is 163 Å². The molecule has 1 aliphatic rings. The minimum Gasteiger partial charge on any atom is -0.383 e. The van der Waals surface area contributed by atoms with E-state index in [9.17, 15) is 4.79 Å².